The lowest BCUT2D eigenvalue weighted by atomic mass is 9.95. The van der Waals surface area contributed by atoms with Crippen molar-refractivity contribution in [2.24, 2.45) is 5.92 Å². The molecule has 3 fully saturated rings. The van der Waals surface area contributed by atoms with Crippen molar-refractivity contribution in [3.05, 3.63) is 76.1 Å². The number of aliphatic hydroxyl groups is 1. The molecule has 2 saturated heterocycles. The third kappa shape index (κ3) is 5.43. The van der Waals surface area contributed by atoms with Crippen LogP contribution in [0.3, 0.4) is 0 Å². The molecule has 1 aliphatic carbocycles. The molecule has 2 N–H and O–H groups in total. The Balaban J connectivity index is 1.33. The van der Waals surface area contributed by atoms with Gasteiger partial charge in [-0.1, -0.05) is 18.2 Å². The summed E-state index contributed by atoms with van der Waals surface area (Å²) in [7, 11) is 1.12. The van der Waals surface area contributed by atoms with Crippen LogP contribution in [-0.2, 0) is 15.7 Å². The quantitative estimate of drug-likeness (QED) is 0.164. The van der Waals surface area contributed by atoms with E-state index >= 15 is 0 Å². The van der Waals surface area contributed by atoms with Crippen LogP contribution in [0.5, 0.6) is 0 Å². The highest BCUT2D eigenvalue weighted by Gasteiger charge is 2.44. The number of ether oxygens (including phenoxy) is 2. The zero-order valence-corrected chi connectivity index (χ0v) is 21.7. The lowest BCUT2D eigenvalue weighted by molar-refractivity contribution is -0.137. The monoisotopic (exact) mass is 564 g/mol. The smallest absolute Gasteiger partial charge is 0.417 e. The van der Waals surface area contributed by atoms with Crippen molar-refractivity contribution in [3.63, 3.8) is 0 Å². The van der Waals surface area contributed by atoms with E-state index in [2.05, 4.69) is 4.74 Å². The number of anilines is 1. The van der Waals surface area contributed by atoms with Crippen LogP contribution in [0.4, 0.5) is 27.6 Å². The number of halogens is 5. The number of rotatable bonds is 8. The van der Waals surface area contributed by atoms with E-state index in [1.807, 2.05) is 0 Å². The second kappa shape index (κ2) is 10.8. The van der Waals surface area contributed by atoms with Crippen molar-refractivity contribution in [1.29, 1.82) is 5.41 Å². The van der Waals surface area contributed by atoms with Gasteiger partial charge in [0.1, 0.15) is 23.1 Å². The molecule has 6 nitrogen and oxygen atoms in total. The standard InChI is InChI=1S/C29H29F5N2O4/c1-39-28(38)16-10-23(30)26(24(31)11-16)36-17-8-9-18(36)13-19(12-17)40-14-21(27(37)15-6-7-15)25(35)20-4-2-3-5-22(20)29(32,33)34/h2-5,10-11,15,17-19,35,37H,6-9,12-14H2,1H3/b27-21-,35-25?/t17-,18?,19?/m0/s1. The van der Waals surface area contributed by atoms with E-state index in [0.717, 1.165) is 25.3 Å². The summed E-state index contributed by atoms with van der Waals surface area (Å²) >= 11 is 0. The van der Waals surface area contributed by atoms with Crippen LogP contribution in [0.1, 0.15) is 60.0 Å². The Morgan fingerprint density at radius 2 is 1.65 bits per heavy atom. The molecule has 2 aromatic carbocycles. The number of allylic oxidation sites excluding steroid dienone is 1. The van der Waals surface area contributed by atoms with Gasteiger partial charge in [-0.2, -0.15) is 13.2 Å². The first-order chi connectivity index (χ1) is 19.0. The SMILES string of the molecule is COC(=O)c1cc(F)c(N2C3CC[C@H]2CC(OC/C(C(=N)c2ccccc2C(F)(F)F)=C(/O)C2CC2)C3)c(F)c1. The molecular formula is C29H29F5N2O4. The lowest BCUT2D eigenvalue weighted by Crippen LogP contribution is -2.46. The number of piperidine rings is 1. The van der Waals surface area contributed by atoms with Crippen molar-refractivity contribution in [2.75, 3.05) is 18.6 Å². The van der Waals surface area contributed by atoms with Gasteiger partial charge in [-0.15, -0.1) is 0 Å². The van der Waals surface area contributed by atoms with Gasteiger partial charge in [0.2, 0.25) is 0 Å². The maximum absolute atomic E-state index is 15.0. The summed E-state index contributed by atoms with van der Waals surface area (Å²) in [6.07, 6.45) is -1.58. The molecule has 3 atom stereocenters. The van der Waals surface area contributed by atoms with E-state index in [0.29, 0.717) is 38.5 Å². The average Bonchev–Trinajstić information content (AvgIpc) is 3.73. The number of benzene rings is 2. The van der Waals surface area contributed by atoms with Crippen LogP contribution >= 0.6 is 0 Å². The van der Waals surface area contributed by atoms with Gasteiger partial charge in [0.15, 0.2) is 0 Å². The predicted octanol–water partition coefficient (Wildman–Crippen LogP) is 6.58. The average molecular weight is 565 g/mol. The van der Waals surface area contributed by atoms with Crippen molar-refractivity contribution in [3.8, 4) is 0 Å². The van der Waals surface area contributed by atoms with Gasteiger partial charge in [0, 0.05) is 29.1 Å². The van der Waals surface area contributed by atoms with Crippen LogP contribution in [0.25, 0.3) is 0 Å². The third-order valence-electron chi connectivity index (χ3n) is 7.93. The third-order valence-corrected chi connectivity index (χ3v) is 7.93. The van der Waals surface area contributed by atoms with Crippen molar-refractivity contribution in [2.45, 2.75) is 62.9 Å². The van der Waals surface area contributed by atoms with E-state index in [9.17, 15) is 31.9 Å². The summed E-state index contributed by atoms with van der Waals surface area (Å²) in [4.78, 5) is 13.4. The van der Waals surface area contributed by atoms with Gasteiger partial charge in [-0.3, -0.25) is 5.41 Å². The molecule has 0 radical (unpaired) electrons. The summed E-state index contributed by atoms with van der Waals surface area (Å²) < 4.78 is 81.6. The first-order valence-corrected chi connectivity index (χ1v) is 13.1. The van der Waals surface area contributed by atoms with Gasteiger partial charge < -0.3 is 19.5 Å². The zero-order chi connectivity index (χ0) is 28.8. The Labute approximate surface area is 227 Å². The number of hydrogen-bond acceptors (Lipinski definition) is 6. The number of methoxy groups -OCH3 is 1. The number of nitrogens with zero attached hydrogens (tertiary/aromatic N) is 1. The molecule has 0 amide bonds. The van der Waals surface area contributed by atoms with E-state index in [1.165, 1.54) is 18.2 Å². The summed E-state index contributed by atoms with van der Waals surface area (Å²) in [5, 5.41) is 19.4. The molecule has 2 aromatic rings. The van der Waals surface area contributed by atoms with E-state index < -0.39 is 35.1 Å². The highest BCUT2D eigenvalue weighted by Crippen LogP contribution is 2.43. The van der Waals surface area contributed by atoms with Crippen molar-refractivity contribution >= 4 is 17.4 Å². The Bertz CT molecular complexity index is 1320. The van der Waals surface area contributed by atoms with Gasteiger partial charge in [0.25, 0.3) is 0 Å². The number of esters is 1. The Morgan fingerprint density at radius 1 is 1.05 bits per heavy atom. The highest BCUT2D eigenvalue weighted by atomic mass is 19.4. The molecule has 40 heavy (non-hydrogen) atoms. The second-order valence-electron chi connectivity index (χ2n) is 10.5. The van der Waals surface area contributed by atoms with Gasteiger partial charge >= 0.3 is 12.1 Å². The molecule has 214 valence electrons. The molecule has 2 bridgehead atoms. The summed E-state index contributed by atoms with van der Waals surface area (Å²) in [5.74, 6) is -2.92. The highest BCUT2D eigenvalue weighted by molar-refractivity contribution is 6.12. The Kier molecular flexibility index (Phi) is 7.60. The number of carbonyl (C=O) groups excluding carboxylic acids is 1. The summed E-state index contributed by atoms with van der Waals surface area (Å²) in [5.41, 5.74) is -2.16. The summed E-state index contributed by atoms with van der Waals surface area (Å²) in [6, 6.07) is 6.16. The Hall–Kier alpha value is -3.47. The van der Waals surface area contributed by atoms with Gasteiger partial charge in [-0.05, 0) is 56.7 Å². The fourth-order valence-corrected chi connectivity index (χ4v) is 5.87. The number of aliphatic hydroxyl groups excluding tert-OH is 1. The van der Waals surface area contributed by atoms with Crippen molar-refractivity contribution in [1.82, 2.24) is 0 Å². The van der Waals surface area contributed by atoms with Gasteiger partial charge in [-0.25, -0.2) is 13.6 Å². The van der Waals surface area contributed by atoms with Crippen LogP contribution in [0.15, 0.2) is 47.7 Å². The Morgan fingerprint density at radius 3 is 2.20 bits per heavy atom. The topological polar surface area (TPSA) is 82.8 Å². The zero-order valence-electron chi connectivity index (χ0n) is 21.7. The largest absolute Gasteiger partial charge is 0.512 e. The summed E-state index contributed by atoms with van der Waals surface area (Å²) in [6.45, 7) is -0.256. The van der Waals surface area contributed by atoms with Crippen molar-refractivity contribution < 1.29 is 41.3 Å². The minimum Gasteiger partial charge on any atom is -0.512 e. The predicted molar refractivity (Wildman–Crippen MR) is 137 cm³/mol. The van der Waals surface area contributed by atoms with Crippen LogP contribution in [0.2, 0.25) is 0 Å². The lowest BCUT2D eigenvalue weighted by Gasteiger charge is -2.40. The maximum atomic E-state index is 15.0. The number of carbonyl (C=O) groups is 1. The fraction of sp³-hybridized carbons (Fsp3) is 0.448. The van der Waals surface area contributed by atoms with Crippen LogP contribution < -0.4 is 4.90 Å². The molecule has 0 aromatic heterocycles. The van der Waals surface area contributed by atoms with E-state index in [-0.39, 0.29) is 58.9 Å². The number of nitrogens with one attached hydrogen (secondary N) is 1. The minimum atomic E-state index is -4.67. The molecule has 2 heterocycles. The first-order valence-electron chi connectivity index (χ1n) is 13.1. The van der Waals surface area contributed by atoms with E-state index in [4.69, 9.17) is 10.1 Å². The molecule has 2 unspecified atom stereocenters. The second-order valence-corrected chi connectivity index (χ2v) is 10.5. The van der Waals surface area contributed by atoms with Crippen LogP contribution in [0, 0.1) is 23.0 Å². The number of alkyl halides is 3. The molecule has 5 rings (SSSR count). The molecular weight excluding hydrogens is 535 g/mol. The minimum absolute atomic E-state index is 0.0180. The van der Waals surface area contributed by atoms with E-state index in [1.54, 1.807) is 4.90 Å². The molecule has 11 heteroatoms. The molecule has 0 spiro atoms. The maximum Gasteiger partial charge on any atom is 0.417 e. The molecule has 1 saturated carbocycles. The van der Waals surface area contributed by atoms with Gasteiger partial charge in [0.05, 0.1) is 36.7 Å². The first kappa shape index (κ1) is 28.1. The fourth-order valence-electron chi connectivity index (χ4n) is 5.87. The van der Waals surface area contributed by atoms with Crippen LogP contribution in [-0.4, -0.2) is 48.7 Å². The molecule has 2 aliphatic heterocycles. The normalized spacial score (nSPS) is 23.1. The number of hydrogen-bond donors (Lipinski definition) is 2. The number of fused-ring (bicyclic) bond motifs is 2. The molecule has 3 aliphatic rings.